The van der Waals surface area contributed by atoms with Crippen molar-refractivity contribution < 1.29 is 24.2 Å². The number of alkyl carbamates (subject to hydrolysis) is 1. The number of fused-ring (bicyclic) bond motifs is 1. The minimum atomic E-state index is -1.01. The molecule has 8 nitrogen and oxygen atoms in total. The molecule has 9 heteroatoms. The molecule has 0 aliphatic heterocycles. The number of phenolic OH excluding ortho intramolecular Hbond substituents is 1. The van der Waals surface area contributed by atoms with Gasteiger partial charge in [0.25, 0.3) is 5.91 Å². The number of phenols is 1. The molecule has 3 amide bonds. The molecule has 0 aliphatic rings. The SMILES string of the molecule is CCCCCN(C(=O)C(CCSC)NC(=O)OC(C)(C)C)C(C(=O)Nc1ccc2ccccc2c1)c1ccc(O)c(C)c1. The van der Waals surface area contributed by atoms with E-state index in [0.717, 1.165) is 23.6 Å². The number of unbranched alkanes of at least 4 members (excludes halogenated alkanes) is 2. The molecule has 0 heterocycles. The van der Waals surface area contributed by atoms with Gasteiger partial charge >= 0.3 is 6.09 Å². The van der Waals surface area contributed by atoms with Crippen molar-refractivity contribution in [2.75, 3.05) is 23.9 Å². The molecular formula is C34H45N3O5S. The fourth-order valence-electron chi connectivity index (χ4n) is 4.84. The number of nitrogens with zero attached hydrogens (tertiary/aromatic N) is 1. The number of hydrogen-bond acceptors (Lipinski definition) is 6. The van der Waals surface area contributed by atoms with Crippen molar-refractivity contribution in [2.45, 2.75) is 78.0 Å². The second kappa shape index (κ2) is 15.7. The first-order valence-corrected chi connectivity index (χ1v) is 16.2. The van der Waals surface area contributed by atoms with E-state index < -0.39 is 23.8 Å². The number of thioether (sulfide) groups is 1. The van der Waals surface area contributed by atoms with Gasteiger partial charge in [0, 0.05) is 12.2 Å². The van der Waals surface area contributed by atoms with E-state index in [1.54, 1.807) is 62.6 Å². The normalized spacial score (nSPS) is 12.8. The molecule has 0 fully saturated rings. The minimum Gasteiger partial charge on any atom is -0.508 e. The van der Waals surface area contributed by atoms with Crippen molar-refractivity contribution in [3.8, 4) is 5.75 Å². The van der Waals surface area contributed by atoms with Crippen LogP contribution in [-0.2, 0) is 14.3 Å². The Balaban J connectivity index is 2.05. The van der Waals surface area contributed by atoms with Crippen molar-refractivity contribution in [3.05, 3.63) is 71.8 Å². The van der Waals surface area contributed by atoms with E-state index in [1.807, 2.05) is 48.7 Å². The average Bonchev–Trinajstić information content (AvgIpc) is 2.95. The Morgan fingerprint density at radius 2 is 1.72 bits per heavy atom. The summed E-state index contributed by atoms with van der Waals surface area (Å²) in [5, 5.41) is 18.1. The van der Waals surface area contributed by atoms with Crippen LogP contribution in [0.2, 0.25) is 0 Å². The smallest absolute Gasteiger partial charge is 0.408 e. The molecule has 2 unspecified atom stereocenters. The third-order valence-electron chi connectivity index (χ3n) is 7.00. The maximum Gasteiger partial charge on any atom is 0.408 e. The van der Waals surface area contributed by atoms with Crippen molar-refractivity contribution in [2.24, 2.45) is 0 Å². The van der Waals surface area contributed by atoms with Crippen LogP contribution < -0.4 is 10.6 Å². The zero-order valence-electron chi connectivity index (χ0n) is 26.1. The molecule has 0 spiro atoms. The first-order chi connectivity index (χ1) is 20.4. The van der Waals surface area contributed by atoms with Gasteiger partial charge in [-0.2, -0.15) is 11.8 Å². The Hall–Kier alpha value is -3.72. The lowest BCUT2D eigenvalue weighted by atomic mass is 9.99. The zero-order chi connectivity index (χ0) is 31.6. The number of carbonyl (C=O) groups excluding carboxylic acids is 3. The number of hydrogen-bond donors (Lipinski definition) is 3. The molecule has 0 saturated heterocycles. The summed E-state index contributed by atoms with van der Waals surface area (Å²) in [5.74, 6) is -0.0152. The number of aryl methyl sites for hydroxylation is 1. The summed E-state index contributed by atoms with van der Waals surface area (Å²) in [6.07, 6.45) is 4.11. The highest BCUT2D eigenvalue weighted by atomic mass is 32.2. The Bertz CT molecular complexity index is 1400. The number of amides is 3. The van der Waals surface area contributed by atoms with E-state index in [1.165, 1.54) is 0 Å². The van der Waals surface area contributed by atoms with Gasteiger partial charge in [-0.1, -0.05) is 56.2 Å². The van der Waals surface area contributed by atoms with Gasteiger partial charge < -0.3 is 25.4 Å². The Morgan fingerprint density at radius 3 is 2.37 bits per heavy atom. The summed E-state index contributed by atoms with van der Waals surface area (Å²) < 4.78 is 5.48. The minimum absolute atomic E-state index is 0.103. The first-order valence-electron chi connectivity index (χ1n) is 14.8. The summed E-state index contributed by atoms with van der Waals surface area (Å²) in [5.41, 5.74) is 1.03. The highest BCUT2D eigenvalue weighted by Gasteiger charge is 2.36. The second-order valence-electron chi connectivity index (χ2n) is 11.7. The van der Waals surface area contributed by atoms with Crippen molar-refractivity contribution in [3.63, 3.8) is 0 Å². The molecule has 0 aromatic heterocycles. The van der Waals surface area contributed by atoms with E-state index in [-0.39, 0.29) is 17.6 Å². The second-order valence-corrected chi connectivity index (χ2v) is 12.7. The van der Waals surface area contributed by atoms with Crippen LogP contribution >= 0.6 is 11.8 Å². The van der Waals surface area contributed by atoms with Gasteiger partial charge in [-0.15, -0.1) is 0 Å². The predicted octanol–water partition coefficient (Wildman–Crippen LogP) is 7.20. The van der Waals surface area contributed by atoms with E-state index in [2.05, 4.69) is 17.6 Å². The highest BCUT2D eigenvalue weighted by molar-refractivity contribution is 7.98. The van der Waals surface area contributed by atoms with E-state index in [4.69, 9.17) is 4.74 Å². The van der Waals surface area contributed by atoms with Crippen molar-refractivity contribution >= 4 is 46.1 Å². The quantitative estimate of drug-likeness (QED) is 0.177. The first kappa shape index (κ1) is 33.8. The number of ether oxygens (including phenoxy) is 1. The molecule has 0 saturated carbocycles. The topological polar surface area (TPSA) is 108 Å². The fourth-order valence-corrected chi connectivity index (χ4v) is 5.31. The lowest BCUT2D eigenvalue weighted by Crippen LogP contribution is -2.52. The molecule has 43 heavy (non-hydrogen) atoms. The number of nitrogens with one attached hydrogen (secondary N) is 2. The zero-order valence-corrected chi connectivity index (χ0v) is 26.9. The summed E-state index contributed by atoms with van der Waals surface area (Å²) in [4.78, 5) is 42.9. The highest BCUT2D eigenvalue weighted by Crippen LogP contribution is 2.30. The standard InChI is InChI=1S/C34H45N3O5S/c1-7-8-11-19-37(32(40)28(18-20-43-6)36-33(41)42-34(3,4)5)30(26-15-17-29(38)23(2)21-26)31(39)35-27-16-14-24-12-9-10-13-25(24)22-27/h9-10,12-17,21-22,28,30,38H,7-8,11,18-20H2,1-6H3,(H,35,39)(H,36,41). The van der Waals surface area contributed by atoms with Gasteiger partial charge in [0.1, 0.15) is 23.4 Å². The lowest BCUT2D eigenvalue weighted by Gasteiger charge is -2.35. The van der Waals surface area contributed by atoms with Crippen LogP contribution in [0.15, 0.2) is 60.7 Å². The summed E-state index contributed by atoms with van der Waals surface area (Å²) in [6, 6.07) is 16.6. The third kappa shape index (κ3) is 9.92. The molecule has 2 atom stereocenters. The van der Waals surface area contributed by atoms with Crippen LogP contribution in [0, 0.1) is 6.92 Å². The van der Waals surface area contributed by atoms with Gasteiger partial charge in [-0.3, -0.25) is 9.59 Å². The average molecular weight is 608 g/mol. The summed E-state index contributed by atoms with van der Waals surface area (Å²) in [6.45, 7) is 9.44. The molecule has 0 bridgehead atoms. The van der Waals surface area contributed by atoms with E-state index in [0.29, 0.717) is 42.0 Å². The maximum atomic E-state index is 14.4. The molecule has 0 radical (unpaired) electrons. The number of benzene rings is 3. The molecule has 3 aromatic rings. The predicted molar refractivity (Wildman–Crippen MR) is 176 cm³/mol. The lowest BCUT2D eigenvalue weighted by molar-refractivity contribution is -0.141. The van der Waals surface area contributed by atoms with Crippen molar-refractivity contribution in [1.29, 1.82) is 0 Å². The molecular weight excluding hydrogens is 562 g/mol. The largest absolute Gasteiger partial charge is 0.508 e. The van der Waals surface area contributed by atoms with Crippen LogP contribution in [0.5, 0.6) is 5.75 Å². The number of anilines is 1. The summed E-state index contributed by atoms with van der Waals surface area (Å²) in [7, 11) is 0. The number of carbonyl (C=O) groups is 3. The molecule has 232 valence electrons. The monoisotopic (exact) mass is 607 g/mol. The third-order valence-corrected chi connectivity index (χ3v) is 7.64. The van der Waals surface area contributed by atoms with Gasteiger partial charge in [-0.25, -0.2) is 4.79 Å². The van der Waals surface area contributed by atoms with Crippen LogP contribution in [-0.4, -0.2) is 58.1 Å². The molecule has 3 aromatic carbocycles. The molecule has 3 rings (SSSR count). The Morgan fingerprint density at radius 1 is 1.00 bits per heavy atom. The number of rotatable bonds is 13. The van der Waals surface area contributed by atoms with E-state index >= 15 is 0 Å². The van der Waals surface area contributed by atoms with Crippen LogP contribution in [0.4, 0.5) is 10.5 Å². The number of aromatic hydroxyl groups is 1. The van der Waals surface area contributed by atoms with Crippen molar-refractivity contribution in [1.82, 2.24) is 10.2 Å². The Labute approximate surface area is 259 Å². The van der Waals surface area contributed by atoms with Crippen LogP contribution in [0.1, 0.15) is 70.5 Å². The van der Waals surface area contributed by atoms with Gasteiger partial charge in [0.05, 0.1) is 0 Å². The van der Waals surface area contributed by atoms with Gasteiger partial charge in [0.2, 0.25) is 5.91 Å². The Kier molecular flexibility index (Phi) is 12.3. The van der Waals surface area contributed by atoms with Crippen LogP contribution in [0.3, 0.4) is 0 Å². The maximum absolute atomic E-state index is 14.4. The van der Waals surface area contributed by atoms with E-state index in [9.17, 15) is 19.5 Å². The molecule has 0 aliphatic carbocycles. The van der Waals surface area contributed by atoms with Gasteiger partial charge in [-0.05, 0) is 98.7 Å². The summed E-state index contributed by atoms with van der Waals surface area (Å²) >= 11 is 1.57. The fraction of sp³-hybridized carbons (Fsp3) is 0.441. The van der Waals surface area contributed by atoms with Gasteiger partial charge in [0.15, 0.2) is 0 Å². The van der Waals surface area contributed by atoms with Crippen LogP contribution in [0.25, 0.3) is 10.8 Å². The molecule has 3 N–H and O–H groups in total.